The summed E-state index contributed by atoms with van der Waals surface area (Å²) >= 11 is 0. The van der Waals surface area contributed by atoms with Crippen LogP contribution in [0.25, 0.3) is 0 Å². The third-order valence-corrected chi connectivity index (χ3v) is 2.55. The molecule has 1 aromatic rings. The summed E-state index contributed by atoms with van der Waals surface area (Å²) in [6, 6.07) is 0.625. The van der Waals surface area contributed by atoms with Gasteiger partial charge in [0.15, 0.2) is 0 Å². The Hall–Kier alpha value is -1.40. The molecule has 0 aliphatic heterocycles. The number of halogens is 5. The maximum absolute atomic E-state index is 13.2. The highest BCUT2D eigenvalue weighted by Crippen LogP contribution is 2.43. The van der Waals surface area contributed by atoms with Crippen LogP contribution in [-0.2, 0) is 13.0 Å². The molecule has 0 aromatic carbocycles. The van der Waals surface area contributed by atoms with E-state index in [0.29, 0.717) is 12.3 Å². The van der Waals surface area contributed by atoms with Gasteiger partial charge in [-0.1, -0.05) is 13.8 Å². The van der Waals surface area contributed by atoms with Gasteiger partial charge in [0.25, 0.3) is 5.56 Å². The van der Waals surface area contributed by atoms with Crippen LogP contribution in [0.5, 0.6) is 0 Å². The molecular formula is C11H12F5NO. The van der Waals surface area contributed by atoms with Crippen LogP contribution in [-0.4, -0.2) is 10.7 Å². The molecule has 1 aromatic heterocycles. The number of pyridine rings is 1. The fourth-order valence-electron chi connectivity index (χ4n) is 1.49. The van der Waals surface area contributed by atoms with E-state index in [4.69, 9.17) is 0 Å². The molecule has 0 unspecified atom stereocenters. The van der Waals surface area contributed by atoms with E-state index < -0.39 is 29.1 Å². The summed E-state index contributed by atoms with van der Waals surface area (Å²) in [7, 11) is 1.14. The van der Waals surface area contributed by atoms with Crippen LogP contribution in [0.1, 0.15) is 30.9 Å². The molecule has 7 heteroatoms. The molecule has 0 N–H and O–H groups in total. The lowest BCUT2D eigenvalue weighted by Gasteiger charge is -2.21. The Morgan fingerprint density at radius 1 is 1.17 bits per heavy atom. The largest absolute Gasteiger partial charge is 0.458 e. The third kappa shape index (κ3) is 2.39. The molecule has 0 radical (unpaired) electrons. The Morgan fingerprint density at radius 2 is 1.67 bits per heavy atom. The topological polar surface area (TPSA) is 22.0 Å². The van der Waals surface area contributed by atoms with Gasteiger partial charge < -0.3 is 4.57 Å². The van der Waals surface area contributed by atoms with Crippen molar-refractivity contribution in [3.8, 4) is 0 Å². The summed E-state index contributed by atoms with van der Waals surface area (Å²) in [6.45, 7) is 3.10. The number of aryl methyl sites for hydroxylation is 1. The molecule has 0 aliphatic rings. The maximum Gasteiger partial charge on any atom is 0.458 e. The van der Waals surface area contributed by atoms with Crippen molar-refractivity contribution >= 4 is 0 Å². The zero-order chi connectivity index (χ0) is 14.3. The van der Waals surface area contributed by atoms with Crippen molar-refractivity contribution < 1.29 is 22.0 Å². The van der Waals surface area contributed by atoms with E-state index in [2.05, 4.69) is 0 Å². The van der Waals surface area contributed by atoms with Crippen molar-refractivity contribution in [2.45, 2.75) is 31.9 Å². The standard InChI is InChI=1S/C11H12F5NO/c1-6(2)8-4-7(5-17(3)9(8)18)10(12,13)11(14,15)16/h4-6H,1-3H3. The summed E-state index contributed by atoms with van der Waals surface area (Å²) in [4.78, 5) is 11.6. The summed E-state index contributed by atoms with van der Waals surface area (Å²) in [5.41, 5.74) is -1.87. The first-order valence-electron chi connectivity index (χ1n) is 5.14. The van der Waals surface area contributed by atoms with Gasteiger partial charge in [-0.3, -0.25) is 4.79 Å². The number of hydrogen-bond donors (Lipinski definition) is 0. The first-order chi connectivity index (χ1) is 7.98. The van der Waals surface area contributed by atoms with Crippen LogP contribution in [0.2, 0.25) is 0 Å². The highest BCUT2D eigenvalue weighted by molar-refractivity contribution is 5.26. The molecule has 1 rings (SSSR count). The second-order valence-electron chi connectivity index (χ2n) is 4.33. The minimum atomic E-state index is -5.68. The molecule has 0 saturated heterocycles. The van der Waals surface area contributed by atoms with Gasteiger partial charge >= 0.3 is 12.1 Å². The normalized spacial score (nSPS) is 13.2. The molecule has 18 heavy (non-hydrogen) atoms. The highest BCUT2D eigenvalue weighted by atomic mass is 19.4. The lowest BCUT2D eigenvalue weighted by molar-refractivity contribution is -0.289. The van der Waals surface area contributed by atoms with Crippen molar-refractivity contribution in [1.29, 1.82) is 0 Å². The second kappa shape index (κ2) is 4.37. The third-order valence-electron chi connectivity index (χ3n) is 2.55. The van der Waals surface area contributed by atoms with Crippen molar-refractivity contribution in [2.24, 2.45) is 7.05 Å². The molecule has 0 amide bonds. The van der Waals surface area contributed by atoms with Crippen LogP contribution >= 0.6 is 0 Å². The van der Waals surface area contributed by atoms with Crippen molar-refractivity contribution in [3.05, 3.63) is 33.7 Å². The Balaban J connectivity index is 3.50. The summed E-state index contributed by atoms with van der Waals surface area (Å²) in [5, 5.41) is 0. The summed E-state index contributed by atoms with van der Waals surface area (Å²) in [6.07, 6.45) is -5.17. The van der Waals surface area contributed by atoms with E-state index >= 15 is 0 Å². The van der Waals surface area contributed by atoms with Gasteiger partial charge in [-0.05, 0) is 12.0 Å². The number of nitrogens with zero attached hydrogens (tertiary/aromatic N) is 1. The molecule has 0 saturated carbocycles. The van der Waals surface area contributed by atoms with Crippen LogP contribution < -0.4 is 5.56 Å². The lowest BCUT2D eigenvalue weighted by Crippen LogP contribution is -2.35. The minimum absolute atomic E-state index is 0.0704. The van der Waals surface area contributed by atoms with Crippen molar-refractivity contribution in [1.82, 2.24) is 4.57 Å². The Morgan fingerprint density at radius 3 is 2.06 bits per heavy atom. The Kier molecular flexibility index (Phi) is 3.56. The van der Waals surface area contributed by atoms with Crippen molar-refractivity contribution in [2.75, 3.05) is 0 Å². The van der Waals surface area contributed by atoms with E-state index in [1.807, 2.05) is 0 Å². The monoisotopic (exact) mass is 269 g/mol. The van der Waals surface area contributed by atoms with Gasteiger partial charge in [0.1, 0.15) is 0 Å². The van der Waals surface area contributed by atoms with E-state index in [9.17, 15) is 26.7 Å². The molecule has 0 bridgehead atoms. The van der Waals surface area contributed by atoms with Crippen LogP contribution in [0.3, 0.4) is 0 Å². The Labute approximate surface area is 100 Å². The zero-order valence-corrected chi connectivity index (χ0v) is 9.98. The fraction of sp³-hybridized carbons (Fsp3) is 0.545. The van der Waals surface area contributed by atoms with Gasteiger partial charge in [-0.2, -0.15) is 22.0 Å². The van der Waals surface area contributed by atoms with E-state index in [1.165, 1.54) is 0 Å². The van der Waals surface area contributed by atoms with Crippen LogP contribution in [0.15, 0.2) is 17.1 Å². The number of rotatable bonds is 2. The molecule has 0 fully saturated rings. The minimum Gasteiger partial charge on any atom is -0.318 e. The molecule has 0 spiro atoms. The second-order valence-corrected chi connectivity index (χ2v) is 4.33. The van der Waals surface area contributed by atoms with Gasteiger partial charge in [-0.15, -0.1) is 0 Å². The first-order valence-corrected chi connectivity index (χ1v) is 5.14. The predicted octanol–water partition coefficient (Wildman–Crippen LogP) is 3.16. The van der Waals surface area contributed by atoms with Gasteiger partial charge in [0.2, 0.25) is 0 Å². The average molecular weight is 269 g/mol. The maximum atomic E-state index is 13.2. The molecule has 2 nitrogen and oxygen atoms in total. The van der Waals surface area contributed by atoms with Gasteiger partial charge in [0, 0.05) is 24.4 Å². The molecule has 0 aliphatic carbocycles. The number of alkyl halides is 5. The van der Waals surface area contributed by atoms with Crippen LogP contribution in [0, 0.1) is 0 Å². The van der Waals surface area contributed by atoms with Crippen molar-refractivity contribution in [3.63, 3.8) is 0 Å². The SMILES string of the molecule is CC(C)c1cc(C(F)(F)C(F)(F)F)cn(C)c1=O. The molecule has 1 heterocycles. The molecule has 102 valence electrons. The smallest absolute Gasteiger partial charge is 0.318 e. The highest BCUT2D eigenvalue weighted by Gasteiger charge is 2.59. The molecule has 0 atom stereocenters. The van der Waals surface area contributed by atoms with E-state index in [0.717, 1.165) is 11.6 Å². The fourth-order valence-corrected chi connectivity index (χ4v) is 1.49. The van der Waals surface area contributed by atoms with E-state index in [1.54, 1.807) is 13.8 Å². The van der Waals surface area contributed by atoms with Gasteiger partial charge in [-0.25, -0.2) is 0 Å². The van der Waals surface area contributed by atoms with E-state index in [-0.39, 0.29) is 5.56 Å². The predicted molar refractivity (Wildman–Crippen MR) is 55.7 cm³/mol. The summed E-state index contributed by atoms with van der Waals surface area (Å²) in [5.74, 6) is -5.41. The van der Waals surface area contributed by atoms with Gasteiger partial charge in [0.05, 0.1) is 0 Å². The zero-order valence-electron chi connectivity index (χ0n) is 9.98. The quantitative estimate of drug-likeness (QED) is 0.756. The first kappa shape index (κ1) is 14.7. The molecular weight excluding hydrogens is 257 g/mol. The lowest BCUT2D eigenvalue weighted by atomic mass is 10.0. The summed E-state index contributed by atoms with van der Waals surface area (Å²) < 4.78 is 63.8. The number of aromatic nitrogens is 1. The van der Waals surface area contributed by atoms with Crippen LogP contribution in [0.4, 0.5) is 22.0 Å². The average Bonchev–Trinajstić information content (AvgIpc) is 2.19. The Bertz CT molecular complexity index is 501. The number of hydrogen-bond acceptors (Lipinski definition) is 1.